The normalized spacial score (nSPS) is 17.8. The lowest BCUT2D eigenvalue weighted by atomic mass is 10.0. The first-order valence-electron chi connectivity index (χ1n) is 9.28. The maximum Gasteiger partial charge on any atom is 0.254 e. The van der Waals surface area contributed by atoms with Crippen LogP contribution in [0.2, 0.25) is 5.15 Å². The quantitative estimate of drug-likeness (QED) is 0.722. The Morgan fingerprint density at radius 1 is 1.31 bits per heavy atom. The van der Waals surface area contributed by atoms with Gasteiger partial charge in [-0.1, -0.05) is 41.9 Å². The maximum atomic E-state index is 12.7. The molecule has 0 saturated carbocycles. The van der Waals surface area contributed by atoms with E-state index in [1.165, 1.54) is 5.56 Å². The Hall–Kier alpha value is -1.91. The smallest absolute Gasteiger partial charge is 0.254 e. The van der Waals surface area contributed by atoms with Crippen molar-refractivity contribution in [1.29, 1.82) is 0 Å². The molecule has 1 unspecified atom stereocenters. The molecule has 0 spiro atoms. The average molecular weight is 372 g/mol. The lowest BCUT2D eigenvalue weighted by Gasteiger charge is -2.37. The number of hydrogen-bond acceptors (Lipinski definition) is 3. The van der Waals surface area contributed by atoms with Crippen molar-refractivity contribution in [3.63, 3.8) is 0 Å². The number of pyridine rings is 1. The zero-order valence-electron chi connectivity index (χ0n) is 15.3. The molecule has 1 aliphatic heterocycles. The van der Waals surface area contributed by atoms with Gasteiger partial charge in [-0.3, -0.25) is 4.79 Å². The Kier molecular flexibility index (Phi) is 6.64. The third-order valence-electron chi connectivity index (χ3n) is 5.10. The number of aromatic nitrogens is 1. The molecule has 3 rings (SSSR count). The van der Waals surface area contributed by atoms with Crippen molar-refractivity contribution in [2.75, 3.05) is 26.7 Å². The first-order chi connectivity index (χ1) is 12.6. The summed E-state index contributed by atoms with van der Waals surface area (Å²) in [5.74, 6) is 0.0189. The number of likely N-dealkylation sites (N-methyl/N-ethyl adjacent to an activating group) is 1. The summed E-state index contributed by atoms with van der Waals surface area (Å²) in [6.45, 7) is 3.14. The third-order valence-corrected chi connectivity index (χ3v) is 5.31. The zero-order valence-corrected chi connectivity index (χ0v) is 16.0. The summed E-state index contributed by atoms with van der Waals surface area (Å²) in [6, 6.07) is 14.2. The number of carbonyl (C=O) groups excluding carboxylic acids is 1. The third kappa shape index (κ3) is 5.05. The van der Waals surface area contributed by atoms with Crippen LogP contribution < -0.4 is 0 Å². The Bertz CT molecular complexity index is 722. The molecule has 4 nitrogen and oxygen atoms in total. The molecule has 1 saturated heterocycles. The fourth-order valence-electron chi connectivity index (χ4n) is 3.61. The number of nitrogens with zero attached hydrogens (tertiary/aromatic N) is 3. The molecule has 1 fully saturated rings. The lowest BCUT2D eigenvalue weighted by Crippen LogP contribution is -2.48. The first-order valence-corrected chi connectivity index (χ1v) is 9.66. The van der Waals surface area contributed by atoms with E-state index >= 15 is 0 Å². The van der Waals surface area contributed by atoms with Gasteiger partial charge in [0.2, 0.25) is 0 Å². The minimum absolute atomic E-state index is 0.0189. The fourth-order valence-corrected chi connectivity index (χ4v) is 3.78. The Labute approximate surface area is 160 Å². The lowest BCUT2D eigenvalue weighted by molar-refractivity contribution is 0.0617. The molecule has 0 N–H and O–H groups in total. The predicted octanol–water partition coefficient (Wildman–Crippen LogP) is 3.90. The molecular weight excluding hydrogens is 346 g/mol. The number of halogens is 1. The topological polar surface area (TPSA) is 36.4 Å². The number of piperidine rings is 1. The zero-order chi connectivity index (χ0) is 18.4. The van der Waals surface area contributed by atoms with Gasteiger partial charge >= 0.3 is 0 Å². The van der Waals surface area contributed by atoms with E-state index in [0.717, 1.165) is 45.3 Å². The van der Waals surface area contributed by atoms with Crippen LogP contribution in [0.25, 0.3) is 0 Å². The molecule has 2 heterocycles. The largest absolute Gasteiger partial charge is 0.337 e. The van der Waals surface area contributed by atoms with Crippen LogP contribution in [0, 0.1) is 0 Å². The molecular formula is C21H26ClN3O. The van der Waals surface area contributed by atoms with Crippen LogP contribution in [-0.4, -0.2) is 53.4 Å². The molecule has 0 bridgehead atoms. The number of rotatable bonds is 6. The van der Waals surface area contributed by atoms with Gasteiger partial charge in [0.15, 0.2) is 0 Å². The Balaban J connectivity index is 1.51. The van der Waals surface area contributed by atoms with Gasteiger partial charge in [-0.2, -0.15) is 0 Å². The van der Waals surface area contributed by atoms with Crippen molar-refractivity contribution in [2.24, 2.45) is 0 Å². The monoisotopic (exact) mass is 371 g/mol. The predicted molar refractivity (Wildman–Crippen MR) is 106 cm³/mol. The molecule has 1 aromatic heterocycles. The van der Waals surface area contributed by atoms with Crippen molar-refractivity contribution < 1.29 is 4.79 Å². The highest BCUT2D eigenvalue weighted by Crippen LogP contribution is 2.18. The van der Waals surface area contributed by atoms with Crippen LogP contribution in [0.1, 0.15) is 35.2 Å². The van der Waals surface area contributed by atoms with Crippen LogP contribution in [0.5, 0.6) is 0 Å². The number of hydrogen-bond donors (Lipinski definition) is 0. The summed E-state index contributed by atoms with van der Waals surface area (Å²) in [5, 5.41) is 0.357. The van der Waals surface area contributed by atoms with Crippen LogP contribution in [0.15, 0.2) is 48.7 Å². The average Bonchev–Trinajstić information content (AvgIpc) is 2.68. The van der Waals surface area contributed by atoms with E-state index in [-0.39, 0.29) is 11.9 Å². The second-order valence-electron chi connectivity index (χ2n) is 6.97. The summed E-state index contributed by atoms with van der Waals surface area (Å²) < 4.78 is 0. The molecule has 1 aliphatic rings. The SMILES string of the molecule is CN(C(=O)c1ccnc(Cl)c1)C1CCCN(CCCc2ccccc2)C1. The van der Waals surface area contributed by atoms with Crippen molar-refractivity contribution in [2.45, 2.75) is 31.7 Å². The summed E-state index contributed by atoms with van der Waals surface area (Å²) in [5.41, 5.74) is 2.00. The van der Waals surface area contributed by atoms with E-state index in [2.05, 4.69) is 40.2 Å². The van der Waals surface area contributed by atoms with E-state index in [1.54, 1.807) is 18.3 Å². The maximum absolute atomic E-state index is 12.7. The van der Waals surface area contributed by atoms with Gasteiger partial charge in [-0.05, 0) is 56.5 Å². The van der Waals surface area contributed by atoms with Crippen molar-refractivity contribution in [1.82, 2.24) is 14.8 Å². The molecule has 0 radical (unpaired) electrons. The van der Waals surface area contributed by atoms with Crippen molar-refractivity contribution in [3.05, 3.63) is 64.9 Å². The minimum atomic E-state index is 0.0189. The van der Waals surface area contributed by atoms with Crippen LogP contribution >= 0.6 is 11.6 Å². The summed E-state index contributed by atoms with van der Waals surface area (Å²) >= 11 is 5.92. The summed E-state index contributed by atoms with van der Waals surface area (Å²) in [6.07, 6.45) is 6.02. The number of benzene rings is 1. The first kappa shape index (κ1) is 18.9. The highest BCUT2D eigenvalue weighted by molar-refractivity contribution is 6.29. The van der Waals surface area contributed by atoms with Crippen molar-refractivity contribution >= 4 is 17.5 Å². The van der Waals surface area contributed by atoms with E-state index in [0.29, 0.717) is 10.7 Å². The van der Waals surface area contributed by atoms with Gasteiger partial charge in [0.25, 0.3) is 5.91 Å². The highest BCUT2D eigenvalue weighted by Gasteiger charge is 2.26. The fraction of sp³-hybridized carbons (Fsp3) is 0.429. The van der Waals surface area contributed by atoms with Crippen molar-refractivity contribution in [3.8, 4) is 0 Å². The van der Waals surface area contributed by atoms with E-state index in [1.807, 2.05) is 11.9 Å². The van der Waals surface area contributed by atoms with E-state index in [9.17, 15) is 4.79 Å². The number of aryl methyl sites for hydroxylation is 1. The van der Waals surface area contributed by atoms with Gasteiger partial charge < -0.3 is 9.80 Å². The standard InChI is InChI=1S/C21H26ClN3O/c1-24(21(26)18-11-12-23-20(22)15-18)19-10-6-14-25(16-19)13-5-9-17-7-3-2-4-8-17/h2-4,7-8,11-12,15,19H,5-6,9-10,13-14,16H2,1H3. The van der Waals surface area contributed by atoms with E-state index in [4.69, 9.17) is 11.6 Å². The molecule has 2 aromatic rings. The van der Waals surface area contributed by atoms with Gasteiger partial charge in [0, 0.05) is 31.4 Å². The molecule has 0 aliphatic carbocycles. The van der Waals surface area contributed by atoms with E-state index < -0.39 is 0 Å². The molecule has 1 atom stereocenters. The minimum Gasteiger partial charge on any atom is -0.337 e. The molecule has 1 aromatic carbocycles. The molecule has 138 valence electrons. The second-order valence-corrected chi connectivity index (χ2v) is 7.36. The van der Waals surface area contributed by atoms with Crippen LogP contribution in [0.4, 0.5) is 0 Å². The second kappa shape index (κ2) is 9.15. The molecule has 26 heavy (non-hydrogen) atoms. The van der Waals surface area contributed by atoms with Gasteiger partial charge in [0.1, 0.15) is 5.15 Å². The summed E-state index contributed by atoms with van der Waals surface area (Å²) in [4.78, 5) is 21.0. The summed E-state index contributed by atoms with van der Waals surface area (Å²) in [7, 11) is 1.90. The molecule has 1 amide bonds. The Morgan fingerprint density at radius 3 is 2.88 bits per heavy atom. The van der Waals surface area contributed by atoms with Gasteiger partial charge in [-0.25, -0.2) is 4.98 Å². The van der Waals surface area contributed by atoms with Gasteiger partial charge in [-0.15, -0.1) is 0 Å². The number of likely N-dealkylation sites (tertiary alicyclic amines) is 1. The number of carbonyl (C=O) groups is 1. The van der Waals surface area contributed by atoms with Gasteiger partial charge in [0.05, 0.1) is 0 Å². The molecule has 5 heteroatoms. The number of amides is 1. The Morgan fingerprint density at radius 2 is 2.12 bits per heavy atom. The van der Waals surface area contributed by atoms with Crippen LogP contribution in [-0.2, 0) is 6.42 Å². The highest BCUT2D eigenvalue weighted by atomic mass is 35.5. The van der Waals surface area contributed by atoms with Crippen LogP contribution in [0.3, 0.4) is 0 Å².